The molecule has 0 radical (unpaired) electrons. The number of hydrogen-bond donors (Lipinski definition) is 0. The second-order valence-electron chi connectivity index (χ2n) is 5.63. The van der Waals surface area contributed by atoms with Crippen LogP contribution in [0.15, 0.2) is 24.3 Å². The second kappa shape index (κ2) is 2.79. The van der Waals surface area contributed by atoms with Crippen molar-refractivity contribution in [3.63, 3.8) is 0 Å². The summed E-state index contributed by atoms with van der Waals surface area (Å²) < 4.78 is 12.0. The van der Waals surface area contributed by atoms with E-state index in [2.05, 4.69) is 38.2 Å². The van der Waals surface area contributed by atoms with Crippen LogP contribution in [0, 0.1) is 13.8 Å². The maximum absolute atomic E-state index is 6.00. The molecule has 0 aromatic heterocycles. The third-order valence-electron chi connectivity index (χ3n) is 4.84. The van der Waals surface area contributed by atoms with Gasteiger partial charge in [-0.1, -0.05) is 24.3 Å². The van der Waals surface area contributed by atoms with Crippen molar-refractivity contribution < 1.29 is 9.47 Å². The Labute approximate surface area is 106 Å². The Morgan fingerprint density at radius 2 is 0.889 bits per heavy atom. The SMILES string of the molecule is Cc1c2c(c(C)c3c1[C@H]1C=C[C@@H]3O1)[C@H]1C=C[C@@H]2O1. The summed E-state index contributed by atoms with van der Waals surface area (Å²) in [6.45, 7) is 4.46. The molecule has 0 spiro atoms. The Kier molecular flexibility index (Phi) is 1.48. The molecule has 1 aromatic rings. The van der Waals surface area contributed by atoms with Crippen LogP contribution >= 0.6 is 0 Å². The molecule has 4 atom stereocenters. The molecule has 0 fully saturated rings. The quantitative estimate of drug-likeness (QED) is 0.642. The van der Waals surface area contributed by atoms with Crippen LogP contribution in [0.25, 0.3) is 0 Å². The third-order valence-corrected chi connectivity index (χ3v) is 4.84. The fourth-order valence-corrected chi connectivity index (χ4v) is 4.12. The highest BCUT2D eigenvalue weighted by molar-refractivity contribution is 5.62. The van der Waals surface area contributed by atoms with E-state index < -0.39 is 0 Å². The fourth-order valence-electron chi connectivity index (χ4n) is 4.12. The normalized spacial score (nSPS) is 36.6. The second-order valence-corrected chi connectivity index (χ2v) is 5.63. The zero-order valence-electron chi connectivity index (χ0n) is 10.4. The fraction of sp³-hybridized carbons (Fsp3) is 0.375. The van der Waals surface area contributed by atoms with Crippen LogP contribution < -0.4 is 0 Å². The molecule has 90 valence electrons. The van der Waals surface area contributed by atoms with Crippen LogP contribution in [0.3, 0.4) is 0 Å². The molecule has 5 rings (SSSR count). The van der Waals surface area contributed by atoms with Gasteiger partial charge in [-0.05, 0) is 47.2 Å². The van der Waals surface area contributed by atoms with Crippen LogP contribution in [0.2, 0.25) is 0 Å². The minimum Gasteiger partial charge on any atom is -0.357 e. The summed E-state index contributed by atoms with van der Waals surface area (Å²) in [5, 5.41) is 0. The lowest BCUT2D eigenvalue weighted by Crippen LogP contribution is -2.08. The standard InChI is InChI=1S/C16H14O2/c1-7-13-9-3-5-11(17-9)15(13)8(2)16-12-6-4-10(18-12)14(7)16/h3-6,9-12H,1-2H3/t9-,10+,11+,12-. The summed E-state index contributed by atoms with van der Waals surface area (Å²) in [6.07, 6.45) is 9.47. The molecule has 18 heavy (non-hydrogen) atoms. The minimum absolute atomic E-state index is 0.178. The first-order chi connectivity index (χ1) is 8.75. The van der Waals surface area contributed by atoms with Crippen molar-refractivity contribution in [2.45, 2.75) is 38.3 Å². The molecular formula is C16H14O2. The molecule has 4 aliphatic rings. The van der Waals surface area contributed by atoms with Gasteiger partial charge in [-0.2, -0.15) is 0 Å². The van der Waals surface area contributed by atoms with Gasteiger partial charge in [0.15, 0.2) is 0 Å². The van der Waals surface area contributed by atoms with E-state index in [1.165, 1.54) is 33.4 Å². The van der Waals surface area contributed by atoms with Crippen LogP contribution in [-0.2, 0) is 9.47 Å². The van der Waals surface area contributed by atoms with E-state index in [0.29, 0.717) is 0 Å². The highest BCUT2D eigenvalue weighted by atomic mass is 16.5. The van der Waals surface area contributed by atoms with Crippen LogP contribution in [0.1, 0.15) is 57.8 Å². The van der Waals surface area contributed by atoms with Gasteiger partial charge in [0.25, 0.3) is 0 Å². The summed E-state index contributed by atoms with van der Waals surface area (Å²) in [4.78, 5) is 0. The lowest BCUT2D eigenvalue weighted by molar-refractivity contribution is 0.0832. The van der Waals surface area contributed by atoms with E-state index in [4.69, 9.17) is 9.47 Å². The third kappa shape index (κ3) is 0.846. The largest absolute Gasteiger partial charge is 0.357 e. The molecule has 2 nitrogen and oxygen atoms in total. The van der Waals surface area contributed by atoms with Gasteiger partial charge in [-0.25, -0.2) is 0 Å². The van der Waals surface area contributed by atoms with E-state index in [0.717, 1.165) is 0 Å². The van der Waals surface area contributed by atoms with E-state index in [-0.39, 0.29) is 24.4 Å². The summed E-state index contributed by atoms with van der Waals surface area (Å²) in [6, 6.07) is 0. The van der Waals surface area contributed by atoms with E-state index in [1.807, 2.05) is 0 Å². The van der Waals surface area contributed by atoms with Crippen LogP contribution in [0.4, 0.5) is 0 Å². The van der Waals surface area contributed by atoms with Crippen molar-refractivity contribution in [3.8, 4) is 0 Å². The van der Waals surface area contributed by atoms with E-state index >= 15 is 0 Å². The zero-order chi connectivity index (χ0) is 12.0. The highest BCUT2D eigenvalue weighted by Gasteiger charge is 2.44. The van der Waals surface area contributed by atoms with Gasteiger partial charge in [0, 0.05) is 0 Å². The minimum atomic E-state index is 0.178. The van der Waals surface area contributed by atoms with Crippen molar-refractivity contribution in [2.24, 2.45) is 0 Å². The molecule has 4 heterocycles. The molecule has 2 heteroatoms. The first-order valence-electron chi connectivity index (χ1n) is 6.60. The van der Waals surface area contributed by atoms with Gasteiger partial charge in [-0.3, -0.25) is 0 Å². The molecule has 0 amide bonds. The Bertz CT molecular complexity index is 548. The lowest BCUT2D eigenvalue weighted by Gasteiger charge is -2.21. The van der Waals surface area contributed by atoms with Gasteiger partial charge in [-0.15, -0.1) is 0 Å². The lowest BCUT2D eigenvalue weighted by atomic mass is 9.80. The summed E-state index contributed by atoms with van der Waals surface area (Å²) in [7, 11) is 0. The first-order valence-corrected chi connectivity index (χ1v) is 6.60. The number of hydrogen-bond acceptors (Lipinski definition) is 2. The van der Waals surface area contributed by atoms with Gasteiger partial charge >= 0.3 is 0 Å². The molecule has 1 aromatic carbocycles. The van der Waals surface area contributed by atoms with Crippen molar-refractivity contribution in [1.29, 1.82) is 0 Å². The zero-order valence-corrected chi connectivity index (χ0v) is 10.4. The van der Waals surface area contributed by atoms with Gasteiger partial charge in [0.05, 0.1) is 0 Å². The van der Waals surface area contributed by atoms with Crippen LogP contribution in [-0.4, -0.2) is 0 Å². The predicted octanol–water partition coefficient (Wildman–Crippen LogP) is 3.67. The number of ether oxygens (including phenoxy) is 2. The number of benzene rings is 1. The number of rotatable bonds is 0. The predicted molar refractivity (Wildman–Crippen MR) is 67.3 cm³/mol. The monoisotopic (exact) mass is 238 g/mol. The van der Waals surface area contributed by atoms with Crippen molar-refractivity contribution in [1.82, 2.24) is 0 Å². The Hall–Kier alpha value is -1.38. The Morgan fingerprint density at radius 3 is 1.17 bits per heavy atom. The van der Waals surface area contributed by atoms with Gasteiger partial charge in [0.2, 0.25) is 0 Å². The van der Waals surface area contributed by atoms with Crippen molar-refractivity contribution >= 4 is 0 Å². The molecule has 4 aliphatic heterocycles. The van der Waals surface area contributed by atoms with E-state index in [9.17, 15) is 0 Å². The summed E-state index contributed by atoms with van der Waals surface area (Å²) >= 11 is 0. The maximum atomic E-state index is 6.00. The summed E-state index contributed by atoms with van der Waals surface area (Å²) in [5.41, 5.74) is 8.40. The molecule has 0 N–H and O–H groups in total. The smallest absolute Gasteiger partial charge is 0.103 e. The molecule has 0 saturated carbocycles. The topological polar surface area (TPSA) is 18.5 Å². The maximum Gasteiger partial charge on any atom is 0.103 e. The average molecular weight is 238 g/mol. The highest BCUT2D eigenvalue weighted by Crippen LogP contribution is 2.56. The Morgan fingerprint density at radius 1 is 0.611 bits per heavy atom. The van der Waals surface area contributed by atoms with Crippen LogP contribution in [0.5, 0.6) is 0 Å². The molecular weight excluding hydrogens is 224 g/mol. The molecule has 0 unspecified atom stereocenters. The molecule has 0 saturated heterocycles. The van der Waals surface area contributed by atoms with Gasteiger partial charge < -0.3 is 9.47 Å². The Balaban J connectivity index is 1.90. The average Bonchev–Trinajstić information content (AvgIpc) is 3.10. The van der Waals surface area contributed by atoms with Crippen molar-refractivity contribution in [2.75, 3.05) is 0 Å². The number of fused-ring (bicyclic) bond motifs is 10. The molecule has 0 aliphatic carbocycles. The summed E-state index contributed by atoms with van der Waals surface area (Å²) in [5.74, 6) is 0. The van der Waals surface area contributed by atoms with E-state index in [1.54, 1.807) is 0 Å². The molecule has 4 bridgehead atoms. The van der Waals surface area contributed by atoms with Gasteiger partial charge in [0.1, 0.15) is 24.4 Å². The first kappa shape index (κ1) is 9.54. The van der Waals surface area contributed by atoms with Crippen molar-refractivity contribution in [3.05, 3.63) is 57.7 Å².